The molecule has 2 heterocycles. The Hall–Kier alpha value is -3.09. The van der Waals surface area contributed by atoms with E-state index in [9.17, 15) is 9.59 Å². The van der Waals surface area contributed by atoms with Crippen LogP contribution in [0, 0.1) is 0 Å². The van der Waals surface area contributed by atoms with Gasteiger partial charge in [0.25, 0.3) is 5.91 Å². The van der Waals surface area contributed by atoms with Crippen LogP contribution in [0.4, 0.5) is 11.5 Å². The number of hydrogen-bond donors (Lipinski definition) is 2. The van der Waals surface area contributed by atoms with E-state index in [1.807, 2.05) is 6.07 Å². The van der Waals surface area contributed by atoms with E-state index in [4.69, 9.17) is 9.84 Å². The lowest BCUT2D eigenvalue weighted by atomic mass is 10.1. The number of aromatic nitrogens is 1. The zero-order valence-electron chi connectivity index (χ0n) is 15.3. The van der Waals surface area contributed by atoms with E-state index < -0.39 is 5.97 Å². The monoisotopic (exact) mass is 369 g/mol. The summed E-state index contributed by atoms with van der Waals surface area (Å²) < 4.78 is 5.08. The fraction of sp³-hybridized carbons (Fsp3) is 0.350. The maximum atomic E-state index is 12.5. The molecular weight excluding hydrogens is 346 g/mol. The molecule has 2 aromatic rings. The van der Waals surface area contributed by atoms with E-state index in [1.165, 1.54) is 38.2 Å². The molecule has 3 rings (SSSR count). The molecule has 1 amide bonds. The lowest BCUT2D eigenvalue weighted by Crippen LogP contribution is -2.25. The van der Waals surface area contributed by atoms with Gasteiger partial charge in [-0.3, -0.25) is 4.79 Å². The highest BCUT2D eigenvalue weighted by Gasteiger charge is 2.15. The molecule has 1 aromatic heterocycles. The zero-order chi connectivity index (χ0) is 19.2. The molecule has 7 heteroatoms. The second-order valence-electron chi connectivity index (χ2n) is 6.48. The summed E-state index contributed by atoms with van der Waals surface area (Å²) in [5.41, 5.74) is 0.937. The number of carbonyl (C=O) groups is 2. The molecule has 1 aliphatic heterocycles. The van der Waals surface area contributed by atoms with Crippen molar-refractivity contribution >= 4 is 23.4 Å². The van der Waals surface area contributed by atoms with Crippen LogP contribution in [0.1, 0.15) is 46.4 Å². The molecule has 0 saturated carbocycles. The average molecular weight is 369 g/mol. The standard InChI is InChI=1S/C20H23N3O4/c1-27-17-12-15(7-8-16(17)20(25)26)22-19(24)14-6-9-18(21-13-14)23-10-4-2-3-5-11-23/h6-9,12-13H,2-5,10-11H2,1H3,(H,22,24)(H,25,26). The molecular formula is C20H23N3O4. The zero-order valence-corrected chi connectivity index (χ0v) is 15.3. The van der Waals surface area contributed by atoms with E-state index in [-0.39, 0.29) is 17.2 Å². The summed E-state index contributed by atoms with van der Waals surface area (Å²) in [6, 6.07) is 8.04. The van der Waals surface area contributed by atoms with Gasteiger partial charge in [-0.05, 0) is 37.1 Å². The number of amides is 1. The minimum Gasteiger partial charge on any atom is -0.496 e. The summed E-state index contributed by atoms with van der Waals surface area (Å²) in [5.74, 6) is -0.316. The number of aromatic carboxylic acids is 1. The number of nitrogens with zero attached hydrogens (tertiary/aromatic N) is 2. The second-order valence-corrected chi connectivity index (χ2v) is 6.48. The van der Waals surface area contributed by atoms with Gasteiger partial charge in [0.2, 0.25) is 0 Å². The molecule has 27 heavy (non-hydrogen) atoms. The molecule has 2 N–H and O–H groups in total. The highest BCUT2D eigenvalue weighted by Crippen LogP contribution is 2.24. The third-order valence-electron chi connectivity index (χ3n) is 4.63. The third-order valence-corrected chi connectivity index (χ3v) is 4.63. The molecule has 1 aliphatic rings. The van der Waals surface area contributed by atoms with Crippen LogP contribution in [0.2, 0.25) is 0 Å². The molecule has 0 atom stereocenters. The van der Waals surface area contributed by atoms with Gasteiger partial charge in [0.1, 0.15) is 17.1 Å². The van der Waals surface area contributed by atoms with Gasteiger partial charge in [0.15, 0.2) is 0 Å². The normalized spacial score (nSPS) is 14.3. The summed E-state index contributed by atoms with van der Waals surface area (Å²) in [4.78, 5) is 30.3. The van der Waals surface area contributed by atoms with Gasteiger partial charge in [0.05, 0.1) is 12.7 Å². The van der Waals surface area contributed by atoms with Crippen molar-refractivity contribution in [3.63, 3.8) is 0 Å². The number of benzene rings is 1. The lowest BCUT2D eigenvalue weighted by molar-refractivity contribution is 0.0693. The van der Waals surface area contributed by atoms with Gasteiger partial charge in [-0.1, -0.05) is 12.8 Å². The summed E-state index contributed by atoms with van der Waals surface area (Å²) >= 11 is 0. The van der Waals surface area contributed by atoms with Crippen molar-refractivity contribution in [2.45, 2.75) is 25.7 Å². The Morgan fingerprint density at radius 1 is 1.11 bits per heavy atom. The minimum absolute atomic E-state index is 0.0407. The molecule has 0 spiro atoms. The van der Waals surface area contributed by atoms with Crippen LogP contribution in [0.15, 0.2) is 36.5 Å². The van der Waals surface area contributed by atoms with Crippen LogP contribution in [0.5, 0.6) is 5.75 Å². The topological polar surface area (TPSA) is 91.8 Å². The fourth-order valence-electron chi connectivity index (χ4n) is 3.16. The Bertz CT molecular complexity index is 812. The van der Waals surface area contributed by atoms with Crippen molar-refractivity contribution in [1.82, 2.24) is 4.98 Å². The Balaban J connectivity index is 1.70. The van der Waals surface area contributed by atoms with Crippen molar-refractivity contribution in [1.29, 1.82) is 0 Å². The number of carboxylic acid groups (broad SMARTS) is 1. The van der Waals surface area contributed by atoms with Crippen molar-refractivity contribution in [2.24, 2.45) is 0 Å². The summed E-state index contributed by atoms with van der Waals surface area (Å²) in [6.45, 7) is 1.99. The molecule has 1 aromatic carbocycles. The predicted octanol–water partition coefficient (Wildman–Crippen LogP) is 3.42. The predicted molar refractivity (Wildman–Crippen MR) is 103 cm³/mol. The third kappa shape index (κ3) is 4.55. The van der Waals surface area contributed by atoms with Crippen LogP contribution >= 0.6 is 0 Å². The summed E-state index contributed by atoms with van der Waals surface area (Å²) in [5, 5.41) is 11.9. The average Bonchev–Trinajstić information content (AvgIpc) is 2.97. The molecule has 1 saturated heterocycles. The molecule has 0 aliphatic carbocycles. The molecule has 0 radical (unpaired) electrons. The summed E-state index contributed by atoms with van der Waals surface area (Å²) in [7, 11) is 1.39. The second kappa shape index (κ2) is 8.53. The van der Waals surface area contributed by atoms with Crippen LogP contribution in [0.3, 0.4) is 0 Å². The van der Waals surface area contributed by atoms with Crippen molar-refractivity contribution in [3.8, 4) is 5.75 Å². The van der Waals surface area contributed by atoms with E-state index in [2.05, 4.69) is 15.2 Å². The maximum absolute atomic E-state index is 12.5. The Labute approximate surface area is 158 Å². The van der Waals surface area contributed by atoms with Gasteiger partial charge in [0, 0.05) is 31.0 Å². The molecule has 0 bridgehead atoms. The lowest BCUT2D eigenvalue weighted by Gasteiger charge is -2.21. The molecule has 7 nitrogen and oxygen atoms in total. The van der Waals surface area contributed by atoms with E-state index in [0.29, 0.717) is 11.3 Å². The van der Waals surface area contributed by atoms with Crippen molar-refractivity contribution < 1.29 is 19.4 Å². The van der Waals surface area contributed by atoms with Gasteiger partial charge in [-0.15, -0.1) is 0 Å². The highest BCUT2D eigenvalue weighted by molar-refractivity contribution is 6.04. The smallest absolute Gasteiger partial charge is 0.339 e. The van der Waals surface area contributed by atoms with Gasteiger partial charge >= 0.3 is 5.97 Å². The Kier molecular flexibility index (Phi) is 5.90. The molecule has 1 fully saturated rings. The van der Waals surface area contributed by atoms with Crippen LogP contribution in [-0.4, -0.2) is 42.2 Å². The number of anilines is 2. The maximum Gasteiger partial charge on any atom is 0.339 e. The number of carbonyl (C=O) groups excluding carboxylic acids is 1. The quantitative estimate of drug-likeness (QED) is 0.839. The first kappa shape index (κ1) is 18.7. The van der Waals surface area contributed by atoms with Gasteiger partial charge in [-0.25, -0.2) is 9.78 Å². The Morgan fingerprint density at radius 2 is 1.85 bits per heavy atom. The van der Waals surface area contributed by atoms with Gasteiger partial charge in [-0.2, -0.15) is 0 Å². The van der Waals surface area contributed by atoms with Crippen LogP contribution in [0.25, 0.3) is 0 Å². The number of hydrogen-bond acceptors (Lipinski definition) is 5. The Morgan fingerprint density at radius 3 is 2.44 bits per heavy atom. The molecule has 0 unspecified atom stereocenters. The highest BCUT2D eigenvalue weighted by atomic mass is 16.5. The number of pyridine rings is 1. The first-order chi connectivity index (χ1) is 13.1. The summed E-state index contributed by atoms with van der Waals surface area (Å²) in [6.07, 6.45) is 6.40. The number of nitrogens with one attached hydrogen (secondary N) is 1. The minimum atomic E-state index is -1.09. The number of carboxylic acids is 1. The molecule has 142 valence electrons. The fourth-order valence-corrected chi connectivity index (χ4v) is 3.16. The largest absolute Gasteiger partial charge is 0.496 e. The number of rotatable bonds is 5. The SMILES string of the molecule is COc1cc(NC(=O)c2ccc(N3CCCCCC3)nc2)ccc1C(=O)O. The van der Waals surface area contributed by atoms with Gasteiger partial charge < -0.3 is 20.1 Å². The van der Waals surface area contributed by atoms with E-state index in [0.717, 1.165) is 31.7 Å². The first-order valence-electron chi connectivity index (χ1n) is 9.02. The van der Waals surface area contributed by atoms with Crippen LogP contribution < -0.4 is 15.0 Å². The first-order valence-corrected chi connectivity index (χ1v) is 9.02. The number of ether oxygens (including phenoxy) is 1. The van der Waals surface area contributed by atoms with E-state index in [1.54, 1.807) is 12.3 Å². The van der Waals surface area contributed by atoms with Crippen molar-refractivity contribution in [2.75, 3.05) is 30.4 Å². The number of methoxy groups -OCH3 is 1. The van der Waals surface area contributed by atoms with E-state index >= 15 is 0 Å². The van der Waals surface area contributed by atoms with Crippen LogP contribution in [-0.2, 0) is 0 Å². The van der Waals surface area contributed by atoms with Crippen molar-refractivity contribution in [3.05, 3.63) is 47.7 Å².